The largest absolute Gasteiger partial charge is 0.425 e. The number of hydrogen-bond donors (Lipinski definition) is 0. The Kier molecular flexibility index (Phi) is 25.0. The van der Waals surface area contributed by atoms with E-state index in [1.165, 1.54) is 0 Å². The van der Waals surface area contributed by atoms with Gasteiger partial charge in [-0.2, -0.15) is 0 Å². The lowest BCUT2D eigenvalue weighted by atomic mass is 15.9. The van der Waals surface area contributed by atoms with Crippen molar-refractivity contribution < 1.29 is 17.3 Å². The maximum Gasteiger partial charge on any atom is 0.425 e. The van der Waals surface area contributed by atoms with Gasteiger partial charge in [-0.3, -0.25) is 4.70 Å². The molecule has 3 nitrogen and oxygen atoms in total. The van der Waals surface area contributed by atoms with Gasteiger partial charge in [-0.15, -0.1) is 25.0 Å². The summed E-state index contributed by atoms with van der Waals surface area (Å²) in [5, 5.41) is 0. The zero-order valence-electron chi connectivity index (χ0n) is 2.45. The first-order chi connectivity index (χ1) is 1.73. The molecule has 0 N–H and O–H groups in total. The minimum atomic E-state index is -3.11. The monoisotopic (exact) mass is 136 g/mol. The molecule has 40 valence electrons. The van der Waals surface area contributed by atoms with Gasteiger partial charge in [0.05, 0.1) is 0 Å². The van der Waals surface area contributed by atoms with Crippen LogP contribution in [0.3, 0.4) is 0 Å². The SMILES string of the molecule is Cl.F.O=S(=O)=O. The van der Waals surface area contributed by atoms with Crippen molar-refractivity contribution in [1.29, 1.82) is 0 Å². The minimum absolute atomic E-state index is 0. The Morgan fingerprint density at radius 1 is 1.00 bits per heavy atom. The van der Waals surface area contributed by atoms with Crippen LogP contribution in [0.4, 0.5) is 4.70 Å². The Hall–Kier alpha value is -0.160. The molecule has 0 aliphatic heterocycles. The fourth-order valence-electron chi connectivity index (χ4n) is 0. The summed E-state index contributed by atoms with van der Waals surface area (Å²) in [5.74, 6) is 0. The van der Waals surface area contributed by atoms with Crippen LogP contribution in [0.25, 0.3) is 0 Å². The lowest BCUT2D eigenvalue weighted by Crippen LogP contribution is -1.40. The van der Waals surface area contributed by atoms with Crippen molar-refractivity contribution in [2.45, 2.75) is 0 Å². The van der Waals surface area contributed by atoms with Gasteiger partial charge in [0.2, 0.25) is 0 Å². The van der Waals surface area contributed by atoms with E-state index < -0.39 is 10.6 Å². The van der Waals surface area contributed by atoms with Gasteiger partial charge in [0.25, 0.3) is 0 Å². The molecule has 0 aliphatic carbocycles. The standard InChI is InChI=1S/ClH.FH.O3S/c;;1-4(2)3/h2*1H;. The van der Waals surface area contributed by atoms with E-state index in [1.54, 1.807) is 0 Å². The summed E-state index contributed by atoms with van der Waals surface area (Å²) in [7, 11) is -3.11. The van der Waals surface area contributed by atoms with Gasteiger partial charge in [-0.05, 0) is 0 Å². The van der Waals surface area contributed by atoms with Crippen LogP contribution >= 0.6 is 12.4 Å². The van der Waals surface area contributed by atoms with E-state index >= 15 is 0 Å². The maximum atomic E-state index is 8.44. The van der Waals surface area contributed by atoms with E-state index in [0.29, 0.717) is 0 Å². The van der Waals surface area contributed by atoms with Crippen LogP contribution < -0.4 is 0 Å². The highest BCUT2D eigenvalue weighted by molar-refractivity contribution is 7.59. The van der Waals surface area contributed by atoms with Crippen LogP contribution in [0.1, 0.15) is 0 Å². The third-order valence-electron chi connectivity index (χ3n) is 0. The van der Waals surface area contributed by atoms with Crippen LogP contribution in [0, 0.1) is 0 Å². The molecule has 0 amide bonds. The van der Waals surface area contributed by atoms with Crippen molar-refractivity contribution in [2.24, 2.45) is 0 Å². The molecule has 0 aromatic rings. The lowest BCUT2D eigenvalue weighted by Gasteiger charge is -1.11. The first kappa shape index (κ1) is 17.0. The third kappa shape index (κ3) is 1210. The molecule has 0 aromatic heterocycles. The minimum Gasteiger partial charge on any atom is -0.269 e. The van der Waals surface area contributed by atoms with E-state index in [0.717, 1.165) is 0 Å². The molecule has 0 heterocycles. The average Bonchev–Trinajstić information content (AvgIpc) is 0.811. The zero-order chi connectivity index (χ0) is 3.58. The second-order valence-electron chi connectivity index (χ2n) is 0.204. The predicted molar refractivity (Wildman–Crippen MR) is 19.4 cm³/mol. The van der Waals surface area contributed by atoms with Gasteiger partial charge in [0, 0.05) is 0 Å². The van der Waals surface area contributed by atoms with Crippen LogP contribution in [0.5, 0.6) is 0 Å². The summed E-state index contributed by atoms with van der Waals surface area (Å²) < 4.78 is 25.3. The normalized spacial score (nSPS) is 4.00. The summed E-state index contributed by atoms with van der Waals surface area (Å²) >= 11 is 0. The van der Waals surface area contributed by atoms with E-state index in [2.05, 4.69) is 0 Å². The van der Waals surface area contributed by atoms with Crippen molar-refractivity contribution >= 4 is 23.0 Å². The van der Waals surface area contributed by atoms with Crippen LogP contribution in [0.15, 0.2) is 0 Å². The van der Waals surface area contributed by atoms with Crippen molar-refractivity contribution in [3.05, 3.63) is 0 Å². The number of hydrogen-bond acceptors (Lipinski definition) is 3. The Bertz CT molecular complexity index is 80.2. The summed E-state index contributed by atoms with van der Waals surface area (Å²) in [6.45, 7) is 0. The molecule has 0 bridgehead atoms. The lowest BCUT2D eigenvalue weighted by molar-refractivity contribution is 0.559. The molecule has 6 heteroatoms. The highest BCUT2D eigenvalue weighted by Crippen LogP contribution is 1.07. The van der Waals surface area contributed by atoms with Gasteiger partial charge < -0.3 is 0 Å². The van der Waals surface area contributed by atoms with Crippen molar-refractivity contribution in [1.82, 2.24) is 0 Å². The molecule has 0 unspecified atom stereocenters. The summed E-state index contributed by atoms with van der Waals surface area (Å²) in [6.07, 6.45) is 0. The zero-order valence-corrected chi connectivity index (χ0v) is 4.08. The predicted octanol–water partition coefficient (Wildman–Crippen LogP) is -0.430. The Morgan fingerprint density at radius 2 is 1.00 bits per heavy atom. The highest BCUT2D eigenvalue weighted by Gasteiger charge is 1.40. The van der Waals surface area contributed by atoms with Gasteiger partial charge >= 0.3 is 10.6 Å². The average molecular weight is 137 g/mol. The smallest absolute Gasteiger partial charge is 0.269 e. The van der Waals surface area contributed by atoms with Crippen LogP contribution in [-0.4, -0.2) is 12.6 Å². The van der Waals surface area contributed by atoms with Crippen molar-refractivity contribution in [3.8, 4) is 0 Å². The van der Waals surface area contributed by atoms with E-state index in [1.807, 2.05) is 0 Å². The van der Waals surface area contributed by atoms with Gasteiger partial charge in [-0.1, -0.05) is 0 Å². The topological polar surface area (TPSA) is 51.2 Å². The van der Waals surface area contributed by atoms with Gasteiger partial charge in [-0.25, -0.2) is 0 Å². The van der Waals surface area contributed by atoms with Crippen LogP contribution in [0.2, 0.25) is 0 Å². The molecule has 0 fully saturated rings. The molecule has 0 aromatic carbocycles. The fourth-order valence-corrected chi connectivity index (χ4v) is 0. The first-order valence-corrected chi connectivity index (χ1v) is 1.50. The molecular weight excluding hydrogens is 135 g/mol. The molecule has 0 rings (SSSR count). The van der Waals surface area contributed by atoms with Crippen LogP contribution in [-0.2, 0) is 10.6 Å². The molecule has 0 radical (unpaired) electrons. The number of rotatable bonds is 0. The Labute approximate surface area is 41.2 Å². The van der Waals surface area contributed by atoms with Gasteiger partial charge in [0.15, 0.2) is 0 Å². The molecule has 0 atom stereocenters. The van der Waals surface area contributed by atoms with Gasteiger partial charge in [0.1, 0.15) is 0 Å². The second-order valence-corrected chi connectivity index (χ2v) is 0.612. The summed E-state index contributed by atoms with van der Waals surface area (Å²) in [5.41, 5.74) is 0. The van der Waals surface area contributed by atoms with Crippen molar-refractivity contribution in [2.75, 3.05) is 0 Å². The fraction of sp³-hybridized carbons (Fsp3) is 0. The molecule has 6 heavy (non-hydrogen) atoms. The first-order valence-electron chi connectivity index (χ1n) is 0.500. The second kappa shape index (κ2) is 8.85. The van der Waals surface area contributed by atoms with Crippen molar-refractivity contribution in [3.63, 3.8) is 0 Å². The Morgan fingerprint density at radius 3 is 1.00 bits per heavy atom. The molecule has 0 spiro atoms. The molecule has 0 saturated heterocycles. The molecule has 0 saturated carbocycles. The maximum absolute atomic E-state index is 8.44. The quantitative estimate of drug-likeness (QED) is 0.454. The third-order valence-corrected chi connectivity index (χ3v) is 0. The number of halogens is 2. The van der Waals surface area contributed by atoms with E-state index in [9.17, 15) is 0 Å². The molecule has 0 aliphatic rings. The van der Waals surface area contributed by atoms with E-state index in [-0.39, 0.29) is 17.1 Å². The summed E-state index contributed by atoms with van der Waals surface area (Å²) in [6, 6.07) is 0. The van der Waals surface area contributed by atoms with E-state index in [4.69, 9.17) is 12.6 Å². The highest BCUT2D eigenvalue weighted by atomic mass is 35.5. The molecular formula is H2ClFO3S. The summed E-state index contributed by atoms with van der Waals surface area (Å²) in [4.78, 5) is 0. The Balaban J connectivity index is -0.0000000450.